The van der Waals surface area contributed by atoms with Crippen molar-refractivity contribution in [3.8, 4) is 5.75 Å². The molecule has 8 nitrogen and oxygen atoms in total. The molecule has 0 bridgehead atoms. The molecule has 1 aromatic rings. The summed E-state index contributed by atoms with van der Waals surface area (Å²) in [6.45, 7) is 3.92. The summed E-state index contributed by atoms with van der Waals surface area (Å²) in [6.07, 6.45) is 0.308. The van der Waals surface area contributed by atoms with Crippen LogP contribution >= 0.6 is 0 Å². The highest BCUT2D eigenvalue weighted by atomic mass is 16.5. The molecule has 0 unspecified atom stereocenters. The fourth-order valence-electron chi connectivity index (χ4n) is 3.10. The van der Waals surface area contributed by atoms with E-state index in [1.165, 1.54) is 0 Å². The highest BCUT2D eigenvalue weighted by Gasteiger charge is 2.32. The predicted octanol–water partition coefficient (Wildman–Crippen LogP) is 0.262. The van der Waals surface area contributed by atoms with Gasteiger partial charge in [0.25, 0.3) is 0 Å². The number of urea groups is 1. The van der Waals surface area contributed by atoms with E-state index in [0.717, 1.165) is 37.6 Å². The summed E-state index contributed by atoms with van der Waals surface area (Å²) in [5.41, 5.74) is 3.68. The predicted molar refractivity (Wildman–Crippen MR) is 94.5 cm³/mol. The van der Waals surface area contributed by atoms with Crippen LogP contribution in [0, 0.1) is 0 Å². The standard InChI is InChI=1S/C17H25N5O3/c1-20-7-9-21(10-8-20)19-17(24)18-13-11-16(23)22(12-13)14-3-5-15(25-2)6-4-14/h3-6,13H,7-12H2,1-2H3,(H2,18,19,24)/t13-/m1/s1. The molecule has 2 aliphatic heterocycles. The number of likely N-dealkylation sites (N-methyl/N-ethyl adjacent to an activating group) is 1. The van der Waals surface area contributed by atoms with Crippen LogP contribution < -0.4 is 20.4 Å². The molecule has 0 spiro atoms. The Morgan fingerprint density at radius 2 is 1.84 bits per heavy atom. The van der Waals surface area contributed by atoms with E-state index in [-0.39, 0.29) is 18.0 Å². The number of carbonyl (C=O) groups is 2. The fraction of sp³-hybridized carbons (Fsp3) is 0.529. The number of hydrazine groups is 1. The third kappa shape index (κ3) is 4.40. The first kappa shape index (κ1) is 17.5. The largest absolute Gasteiger partial charge is 0.497 e. The molecule has 0 aromatic heterocycles. The molecule has 0 saturated carbocycles. The molecule has 0 aliphatic carbocycles. The number of nitrogens with zero attached hydrogens (tertiary/aromatic N) is 3. The summed E-state index contributed by atoms with van der Waals surface area (Å²) in [4.78, 5) is 28.3. The Morgan fingerprint density at radius 3 is 2.48 bits per heavy atom. The van der Waals surface area contributed by atoms with Crippen molar-refractivity contribution < 1.29 is 14.3 Å². The number of methoxy groups -OCH3 is 1. The topological polar surface area (TPSA) is 77.2 Å². The van der Waals surface area contributed by atoms with Gasteiger partial charge in [-0.15, -0.1) is 0 Å². The second-order valence-electron chi connectivity index (χ2n) is 6.48. The summed E-state index contributed by atoms with van der Waals surface area (Å²) in [6, 6.07) is 6.90. The number of nitrogens with one attached hydrogen (secondary N) is 2. The first-order valence-corrected chi connectivity index (χ1v) is 8.50. The van der Waals surface area contributed by atoms with Gasteiger partial charge in [-0.2, -0.15) is 0 Å². The number of amides is 3. The minimum Gasteiger partial charge on any atom is -0.497 e. The Labute approximate surface area is 147 Å². The molecule has 1 atom stereocenters. The van der Waals surface area contributed by atoms with E-state index in [0.29, 0.717) is 13.0 Å². The molecular weight excluding hydrogens is 322 g/mol. The lowest BCUT2D eigenvalue weighted by molar-refractivity contribution is -0.117. The van der Waals surface area contributed by atoms with Gasteiger partial charge < -0.3 is 19.9 Å². The molecule has 25 heavy (non-hydrogen) atoms. The highest BCUT2D eigenvalue weighted by Crippen LogP contribution is 2.24. The zero-order valence-corrected chi connectivity index (χ0v) is 14.7. The summed E-state index contributed by atoms with van der Waals surface area (Å²) < 4.78 is 5.13. The van der Waals surface area contributed by atoms with Crippen LogP contribution in [0.3, 0.4) is 0 Å². The normalized spacial score (nSPS) is 22.1. The van der Waals surface area contributed by atoms with E-state index >= 15 is 0 Å². The number of carbonyl (C=O) groups excluding carboxylic acids is 2. The maximum atomic E-state index is 12.3. The van der Waals surface area contributed by atoms with Crippen molar-refractivity contribution in [1.29, 1.82) is 0 Å². The van der Waals surface area contributed by atoms with Crippen molar-refractivity contribution in [1.82, 2.24) is 20.7 Å². The zero-order valence-electron chi connectivity index (χ0n) is 14.7. The fourth-order valence-corrected chi connectivity index (χ4v) is 3.10. The molecular formula is C17H25N5O3. The minimum atomic E-state index is -0.251. The Bertz CT molecular complexity index is 613. The van der Waals surface area contributed by atoms with E-state index < -0.39 is 0 Å². The van der Waals surface area contributed by atoms with Crippen LogP contribution in [0.4, 0.5) is 10.5 Å². The van der Waals surface area contributed by atoms with Gasteiger partial charge in [0.1, 0.15) is 5.75 Å². The molecule has 2 N–H and O–H groups in total. The average molecular weight is 347 g/mol. The first-order chi connectivity index (χ1) is 12.0. The number of hydrogen-bond donors (Lipinski definition) is 2. The van der Waals surface area contributed by atoms with Crippen LogP contribution in [0.5, 0.6) is 5.75 Å². The quantitative estimate of drug-likeness (QED) is 0.817. The first-order valence-electron chi connectivity index (χ1n) is 8.50. The zero-order chi connectivity index (χ0) is 17.8. The highest BCUT2D eigenvalue weighted by molar-refractivity contribution is 5.96. The second-order valence-corrected chi connectivity index (χ2v) is 6.48. The van der Waals surface area contributed by atoms with E-state index in [1.807, 2.05) is 29.3 Å². The van der Waals surface area contributed by atoms with Gasteiger partial charge in [0, 0.05) is 44.8 Å². The molecule has 3 rings (SSSR count). The number of rotatable bonds is 4. The second kappa shape index (κ2) is 7.71. The van der Waals surface area contributed by atoms with Crippen LogP contribution in [0.15, 0.2) is 24.3 Å². The van der Waals surface area contributed by atoms with Crippen LogP contribution in [0.1, 0.15) is 6.42 Å². The number of benzene rings is 1. The number of anilines is 1. The van der Waals surface area contributed by atoms with Crippen molar-refractivity contribution in [2.45, 2.75) is 12.5 Å². The number of hydrogen-bond acceptors (Lipinski definition) is 5. The van der Waals surface area contributed by atoms with Gasteiger partial charge in [-0.05, 0) is 31.3 Å². The summed E-state index contributed by atoms with van der Waals surface area (Å²) >= 11 is 0. The van der Waals surface area contributed by atoms with Crippen LogP contribution in [0.25, 0.3) is 0 Å². The van der Waals surface area contributed by atoms with E-state index in [4.69, 9.17) is 4.74 Å². The molecule has 8 heteroatoms. The Kier molecular flexibility index (Phi) is 5.40. The number of ether oxygens (including phenoxy) is 1. The van der Waals surface area contributed by atoms with Gasteiger partial charge in [-0.1, -0.05) is 0 Å². The van der Waals surface area contributed by atoms with Crippen molar-refractivity contribution in [3.05, 3.63) is 24.3 Å². The SMILES string of the molecule is COc1ccc(N2C[C@H](NC(=O)NN3CCN(C)CC3)CC2=O)cc1. The van der Waals surface area contributed by atoms with Crippen molar-refractivity contribution in [2.75, 3.05) is 51.8 Å². The average Bonchev–Trinajstić information content (AvgIpc) is 2.97. The van der Waals surface area contributed by atoms with Crippen LogP contribution in [-0.2, 0) is 4.79 Å². The van der Waals surface area contributed by atoms with Gasteiger partial charge in [-0.3, -0.25) is 10.2 Å². The summed E-state index contributed by atoms with van der Waals surface area (Å²) in [5.74, 6) is 0.756. The van der Waals surface area contributed by atoms with Gasteiger partial charge in [-0.25, -0.2) is 9.80 Å². The van der Waals surface area contributed by atoms with Crippen molar-refractivity contribution in [3.63, 3.8) is 0 Å². The molecule has 2 fully saturated rings. The van der Waals surface area contributed by atoms with Gasteiger partial charge in [0.05, 0.1) is 13.2 Å². The molecule has 2 aliphatic rings. The van der Waals surface area contributed by atoms with Crippen LogP contribution in [0.2, 0.25) is 0 Å². The molecule has 0 radical (unpaired) electrons. The van der Waals surface area contributed by atoms with E-state index in [9.17, 15) is 9.59 Å². The molecule has 2 saturated heterocycles. The molecule has 2 heterocycles. The monoisotopic (exact) mass is 347 g/mol. The molecule has 136 valence electrons. The lowest BCUT2D eigenvalue weighted by atomic mass is 10.2. The van der Waals surface area contributed by atoms with E-state index in [1.54, 1.807) is 12.0 Å². The van der Waals surface area contributed by atoms with Crippen molar-refractivity contribution >= 4 is 17.6 Å². The summed E-state index contributed by atoms with van der Waals surface area (Å²) in [7, 11) is 3.67. The molecule has 1 aromatic carbocycles. The van der Waals surface area contributed by atoms with Crippen molar-refractivity contribution in [2.24, 2.45) is 0 Å². The Balaban J connectivity index is 1.50. The van der Waals surface area contributed by atoms with Gasteiger partial charge in [0.15, 0.2) is 0 Å². The third-order valence-electron chi connectivity index (χ3n) is 4.61. The lowest BCUT2D eigenvalue weighted by Gasteiger charge is -2.32. The minimum absolute atomic E-state index is 0.00932. The maximum absolute atomic E-state index is 12.3. The Hall–Kier alpha value is -2.32. The van der Waals surface area contributed by atoms with Gasteiger partial charge in [0.2, 0.25) is 5.91 Å². The lowest BCUT2D eigenvalue weighted by Crippen LogP contribution is -2.56. The molecule has 3 amide bonds. The number of piperazine rings is 1. The third-order valence-corrected chi connectivity index (χ3v) is 4.61. The smallest absolute Gasteiger partial charge is 0.329 e. The van der Waals surface area contributed by atoms with Gasteiger partial charge >= 0.3 is 6.03 Å². The van der Waals surface area contributed by atoms with E-state index in [2.05, 4.69) is 22.7 Å². The van der Waals surface area contributed by atoms with Crippen LogP contribution in [-0.4, -0.2) is 74.8 Å². The summed E-state index contributed by atoms with van der Waals surface area (Å²) in [5, 5.41) is 4.81. The Morgan fingerprint density at radius 1 is 1.16 bits per heavy atom. The maximum Gasteiger partial charge on any atom is 0.329 e.